The molecule has 0 spiro atoms. The average molecular weight is 1440 g/mol. The molecule has 0 radical (unpaired) electrons. The molecule has 25 N–H and O–H groups in total. The largest absolute Gasteiger partial charge is 0.508 e. The first-order valence-corrected chi connectivity index (χ1v) is 32.7. The molecular weight excluding hydrogens is 1340 g/mol. The van der Waals surface area contributed by atoms with Crippen molar-refractivity contribution < 1.29 is 98.1 Å². The fraction of sp³-hybridized carbons (Fsp3) is 0.500. The number of carbonyl (C=O) groups excluding carboxylic acids is 12. The van der Waals surface area contributed by atoms with Crippen molar-refractivity contribution in [1.82, 2.24) is 63.8 Å². The van der Waals surface area contributed by atoms with Crippen LogP contribution in [0.3, 0.4) is 0 Å². The highest BCUT2D eigenvalue weighted by Gasteiger charge is 2.37. The molecule has 0 aliphatic carbocycles. The number of nitrogens with zero attached hydrogens (tertiary/aromatic N) is 1. The summed E-state index contributed by atoms with van der Waals surface area (Å²) in [6.45, 7) is 3.06. The maximum atomic E-state index is 14.6. The molecule has 12 atom stereocenters. The van der Waals surface area contributed by atoms with E-state index in [2.05, 4.69) is 81.4 Å². The number of aliphatic hydroxyl groups excluding tert-OH is 4. The number of benzene rings is 3. The summed E-state index contributed by atoms with van der Waals surface area (Å²) in [4.78, 5) is 180. The fourth-order valence-electron chi connectivity index (χ4n) is 9.48. The van der Waals surface area contributed by atoms with Gasteiger partial charge in [0.2, 0.25) is 70.9 Å². The van der Waals surface area contributed by atoms with Crippen molar-refractivity contribution in [2.45, 2.75) is 146 Å². The number of amides is 12. The zero-order chi connectivity index (χ0) is 75.6. The lowest BCUT2D eigenvalue weighted by Crippen LogP contribution is -2.62. The van der Waals surface area contributed by atoms with Crippen LogP contribution in [0.2, 0.25) is 0 Å². The Hall–Kier alpha value is -10.2. The molecule has 3 rings (SSSR count). The van der Waals surface area contributed by atoms with Gasteiger partial charge in [0, 0.05) is 31.6 Å². The molecule has 0 saturated carbocycles. The van der Waals surface area contributed by atoms with Crippen LogP contribution < -0.4 is 81.0 Å². The lowest BCUT2D eigenvalue weighted by molar-refractivity contribution is -0.143. The molecule has 0 heterocycles. The van der Waals surface area contributed by atoms with Crippen LogP contribution in [0.1, 0.15) is 70.6 Å². The van der Waals surface area contributed by atoms with E-state index in [4.69, 9.17) is 22.3 Å². The van der Waals surface area contributed by atoms with Crippen molar-refractivity contribution in [3.05, 3.63) is 95.6 Å². The molecule has 37 heteroatoms. The van der Waals surface area contributed by atoms with E-state index in [9.17, 15) is 93.0 Å². The number of carboxylic acids is 1. The maximum Gasteiger partial charge on any atom is 0.326 e. The van der Waals surface area contributed by atoms with E-state index in [0.29, 0.717) is 16.7 Å². The lowest BCUT2D eigenvalue weighted by Gasteiger charge is -2.29. The zero-order valence-electron chi connectivity index (χ0n) is 56.3. The number of rotatable bonds is 43. The molecule has 0 aliphatic rings. The van der Waals surface area contributed by atoms with Gasteiger partial charge in [0.1, 0.15) is 78.0 Å². The van der Waals surface area contributed by atoms with E-state index in [1.165, 1.54) is 48.5 Å². The van der Waals surface area contributed by atoms with Gasteiger partial charge in [0.25, 0.3) is 0 Å². The molecule has 12 amide bonds. The van der Waals surface area contributed by atoms with E-state index < -0.39 is 188 Å². The van der Waals surface area contributed by atoms with Gasteiger partial charge in [-0.2, -0.15) is 12.6 Å². The number of hydrogen-bond donors (Lipinski definition) is 23. The van der Waals surface area contributed by atoms with Gasteiger partial charge >= 0.3 is 5.97 Å². The highest BCUT2D eigenvalue weighted by molar-refractivity contribution is 7.80. The first-order valence-electron chi connectivity index (χ1n) is 32.0. The number of aromatic hydroxyl groups is 2. The van der Waals surface area contributed by atoms with Crippen molar-refractivity contribution in [3.8, 4) is 11.5 Å². The van der Waals surface area contributed by atoms with Crippen molar-refractivity contribution >= 4 is 95.4 Å². The number of hydrogen-bond acceptors (Lipinski definition) is 22. The molecule has 556 valence electrons. The van der Waals surface area contributed by atoms with Crippen LogP contribution in [0.25, 0.3) is 0 Å². The molecule has 0 fully saturated rings. The second-order valence-corrected chi connectivity index (χ2v) is 24.5. The summed E-state index contributed by atoms with van der Waals surface area (Å²) in [6.07, 6.45) is -2.91. The van der Waals surface area contributed by atoms with Crippen LogP contribution >= 0.6 is 12.6 Å². The molecule has 0 saturated heterocycles. The minimum atomic E-state index is -1.90. The third kappa shape index (κ3) is 30.4. The molecule has 101 heavy (non-hydrogen) atoms. The Bertz CT molecular complexity index is 3310. The van der Waals surface area contributed by atoms with Crippen molar-refractivity contribution in [1.29, 1.82) is 0 Å². The van der Waals surface area contributed by atoms with Crippen LogP contribution in [-0.2, 0) is 81.6 Å². The summed E-state index contributed by atoms with van der Waals surface area (Å²) in [7, 11) is 0. The van der Waals surface area contributed by atoms with Gasteiger partial charge in [-0.25, -0.2) is 4.79 Å². The molecule has 36 nitrogen and oxygen atoms in total. The van der Waals surface area contributed by atoms with Gasteiger partial charge in [-0.3, -0.25) is 62.5 Å². The fourth-order valence-corrected chi connectivity index (χ4v) is 9.74. The summed E-state index contributed by atoms with van der Waals surface area (Å²) in [6, 6.07) is 1.48. The molecule has 0 unspecified atom stereocenters. The van der Waals surface area contributed by atoms with Crippen molar-refractivity contribution in [3.63, 3.8) is 0 Å². The molecule has 3 aromatic rings. The van der Waals surface area contributed by atoms with Gasteiger partial charge in [0.05, 0.1) is 39.0 Å². The Balaban J connectivity index is 1.89. The first-order chi connectivity index (χ1) is 47.7. The Labute approximate surface area is 587 Å². The van der Waals surface area contributed by atoms with Gasteiger partial charge in [0.15, 0.2) is 5.96 Å². The van der Waals surface area contributed by atoms with Gasteiger partial charge in [-0.15, -0.1) is 0 Å². The normalized spacial score (nSPS) is 14.6. The number of phenols is 2. The highest BCUT2D eigenvalue weighted by atomic mass is 32.1. The second kappa shape index (κ2) is 43.3. The van der Waals surface area contributed by atoms with E-state index in [0.717, 1.165) is 6.92 Å². The molecule has 0 bridgehead atoms. The van der Waals surface area contributed by atoms with E-state index in [1.807, 2.05) is 0 Å². The molecule has 0 aromatic heterocycles. The summed E-state index contributed by atoms with van der Waals surface area (Å²) in [5, 5.41) is 99.0. The number of nitrogens with two attached hydrogens (primary N) is 3. The summed E-state index contributed by atoms with van der Waals surface area (Å²) >= 11 is 4.16. The van der Waals surface area contributed by atoms with E-state index in [1.54, 1.807) is 58.0 Å². The van der Waals surface area contributed by atoms with Crippen LogP contribution in [0.15, 0.2) is 83.9 Å². The SMILES string of the molecule is CC(C)C[C@H](NC(=O)[C@@H](NC(=O)[C@H](CCCN=C(N)N)NC(=O)[C@H](Cc1ccccc1)NC(=O)[C@H](CO)NC(=O)[C@H](Cc1ccc(O)cc1)NC(=O)CNC(=O)[C@H](CO)NC(=O)[C@H](Cc1ccc(O)cc1)NC(=O)CNC(=O)[C@@H](N)CO)[C@@H](C)O)C(=O)N[C@@H](CS)C(=O)N[C@H](C(=O)O)C(C)C. The minimum Gasteiger partial charge on any atom is -0.508 e. The smallest absolute Gasteiger partial charge is 0.326 e. The Morgan fingerprint density at radius 2 is 0.842 bits per heavy atom. The van der Waals surface area contributed by atoms with E-state index >= 15 is 0 Å². The van der Waals surface area contributed by atoms with Crippen LogP contribution in [0.5, 0.6) is 11.5 Å². The van der Waals surface area contributed by atoms with Crippen molar-refractivity contribution in [2.75, 3.05) is 45.2 Å². The number of carboxylic acid groups (broad SMARTS) is 1. The average Bonchev–Trinajstić information content (AvgIpc) is 0.861. The number of thiol groups is 1. The third-order valence-electron chi connectivity index (χ3n) is 15.0. The summed E-state index contributed by atoms with van der Waals surface area (Å²) < 4.78 is 0. The number of phenolic OH excluding ortho intramolecular Hbond substituents is 2. The predicted molar refractivity (Wildman–Crippen MR) is 366 cm³/mol. The molecule has 3 aromatic carbocycles. The standard InChI is InChI=1S/C64H94N16O20S/c1-32(2)22-42(56(92)78-48(31-101)61(97)79-51(33(3)4)63(99)100)75-62(98)52(34(5)84)80-55(91)41(12-9-21-68-64(66)67)73-59(95)45(23-35-10-7-6-8-11-35)74-60(96)47(30-83)77-58(94)44(25-37-15-19-39(86)20-16-37)72-50(88)27-70-54(90)46(29-82)76-57(93)43(24-36-13-17-38(85)18-14-36)71-49(87)26-69-53(89)40(65)28-81/h6-8,10-11,13-20,32-34,40-48,51-52,81-86,101H,9,12,21-31,65H2,1-5H3,(H,69,89)(H,70,90)(H,71,87)(H,72,88)(H,73,95)(H,74,96)(H,75,98)(H,76,93)(H,77,94)(H,78,92)(H,79,97)(H,80,91)(H,99,100)(H4,66,67,68)/t34-,40+,41+,42+,43+,44+,45+,46+,47+,48+,51+,52+/m1/s1. The number of nitrogens with one attached hydrogen (secondary N) is 12. The Morgan fingerprint density at radius 3 is 1.28 bits per heavy atom. The number of aliphatic hydroxyl groups is 4. The van der Waals surface area contributed by atoms with Gasteiger partial charge in [-0.05, 0) is 79.0 Å². The third-order valence-corrected chi connectivity index (χ3v) is 15.4. The Kier molecular flexibility index (Phi) is 36.5. The van der Waals surface area contributed by atoms with Crippen LogP contribution in [0.4, 0.5) is 0 Å². The lowest BCUT2D eigenvalue weighted by atomic mass is 10.0. The first kappa shape index (κ1) is 85.0. The highest BCUT2D eigenvalue weighted by Crippen LogP contribution is 2.15. The van der Waals surface area contributed by atoms with Crippen LogP contribution in [-0.4, -0.2) is 236 Å². The topological polar surface area (TPSA) is 598 Å². The monoisotopic (exact) mass is 1440 g/mol. The Morgan fingerprint density at radius 1 is 0.455 bits per heavy atom. The molecule has 0 aliphatic heterocycles. The minimum absolute atomic E-state index is 0.00495. The number of carbonyl (C=O) groups is 13. The maximum absolute atomic E-state index is 14.6. The number of guanidine groups is 1. The molecular formula is C64H94N16O20S. The van der Waals surface area contributed by atoms with Gasteiger partial charge < -0.3 is 117 Å². The van der Waals surface area contributed by atoms with Crippen molar-refractivity contribution in [2.24, 2.45) is 34.0 Å². The zero-order valence-corrected chi connectivity index (χ0v) is 57.2. The van der Waals surface area contributed by atoms with Crippen LogP contribution in [0, 0.1) is 11.8 Å². The number of aliphatic imine (C=N–C) groups is 1. The summed E-state index contributed by atoms with van der Waals surface area (Å²) in [5.41, 5.74) is 17.7. The number of aliphatic carboxylic acids is 1. The summed E-state index contributed by atoms with van der Waals surface area (Å²) in [5.74, 6) is -15.4. The van der Waals surface area contributed by atoms with Gasteiger partial charge in [-0.1, -0.05) is 82.3 Å². The predicted octanol–water partition coefficient (Wildman–Crippen LogP) is -7.34. The quantitative estimate of drug-likeness (QED) is 0.0108. The van der Waals surface area contributed by atoms with E-state index in [-0.39, 0.29) is 74.2 Å². The second-order valence-electron chi connectivity index (χ2n) is 24.2.